The molecule has 0 spiro atoms. The topological polar surface area (TPSA) is 38.9 Å². The molecule has 0 unspecified atom stereocenters. The van der Waals surface area contributed by atoms with Crippen molar-refractivity contribution in [1.82, 2.24) is 10.2 Å². The summed E-state index contributed by atoms with van der Waals surface area (Å²) in [5.74, 6) is 0. The van der Waals surface area contributed by atoms with Crippen molar-refractivity contribution in [3.63, 3.8) is 0 Å². The molecule has 214 valence electrons. The first-order chi connectivity index (χ1) is 22.8. The second-order valence-electron chi connectivity index (χ2n) is 11.9. The number of hydrogen-bond acceptors (Lipinski definition) is 4. The highest BCUT2D eigenvalue weighted by Crippen LogP contribution is 2.42. The van der Waals surface area contributed by atoms with E-state index < -0.39 is 0 Å². The smallest absolute Gasteiger partial charge is 0.148 e. The molecule has 10 rings (SSSR count). The van der Waals surface area contributed by atoms with Crippen LogP contribution in [-0.4, -0.2) is 10.2 Å². The van der Waals surface area contributed by atoms with Gasteiger partial charge in [0.2, 0.25) is 0 Å². The van der Waals surface area contributed by atoms with Crippen LogP contribution in [-0.2, 0) is 0 Å². The van der Waals surface area contributed by atoms with Crippen LogP contribution in [0.15, 0.2) is 150 Å². The number of furan rings is 1. The van der Waals surface area contributed by atoms with Crippen LogP contribution in [0.3, 0.4) is 0 Å². The predicted molar refractivity (Wildman–Crippen MR) is 193 cm³/mol. The first-order valence-corrected chi connectivity index (χ1v) is 16.2. The molecule has 0 N–H and O–H groups in total. The summed E-state index contributed by atoms with van der Waals surface area (Å²) >= 11 is 1.62. The van der Waals surface area contributed by atoms with E-state index in [0.717, 1.165) is 48.6 Å². The number of aromatic nitrogens is 2. The van der Waals surface area contributed by atoms with E-state index in [1.807, 2.05) is 30.3 Å². The van der Waals surface area contributed by atoms with Crippen LogP contribution in [0.5, 0.6) is 0 Å². The Bertz CT molecular complexity index is 2670. The molecule has 0 saturated heterocycles. The summed E-state index contributed by atoms with van der Waals surface area (Å²) in [4.78, 5) is 0. The average Bonchev–Trinajstić information content (AvgIpc) is 3.77. The van der Waals surface area contributed by atoms with Gasteiger partial charge in [0.15, 0.2) is 0 Å². The molecular formula is C42H24N2OS. The number of para-hydroxylation sites is 2. The Kier molecular flexibility index (Phi) is 5.45. The van der Waals surface area contributed by atoms with Gasteiger partial charge in [0.25, 0.3) is 0 Å². The second kappa shape index (κ2) is 9.83. The zero-order chi connectivity index (χ0) is 30.2. The lowest BCUT2D eigenvalue weighted by Crippen LogP contribution is -1.88. The van der Waals surface area contributed by atoms with Crippen LogP contribution in [0.2, 0.25) is 0 Å². The van der Waals surface area contributed by atoms with Gasteiger partial charge < -0.3 is 4.42 Å². The molecule has 2 heterocycles. The molecular weight excluding hydrogens is 581 g/mol. The molecule has 0 aliphatic carbocycles. The van der Waals surface area contributed by atoms with Crippen LogP contribution in [0, 0.1) is 0 Å². The molecule has 2 aromatic heterocycles. The van der Waals surface area contributed by atoms with Gasteiger partial charge in [-0.25, -0.2) is 0 Å². The van der Waals surface area contributed by atoms with Crippen LogP contribution in [0.1, 0.15) is 0 Å². The SMILES string of the molecule is c1ccc(-c2nnc(-c3ccc(-c4cc5ccc6cc(-c7cccc8c7oc7ccccc78)cc7ccc(c4)c5c67)cc3)s2)cc1. The van der Waals surface area contributed by atoms with Crippen LogP contribution in [0.25, 0.3) is 97.7 Å². The van der Waals surface area contributed by atoms with Gasteiger partial charge in [-0.05, 0) is 79.3 Å². The monoisotopic (exact) mass is 604 g/mol. The molecule has 0 amide bonds. The predicted octanol–water partition coefficient (Wildman–Crippen LogP) is 12.0. The van der Waals surface area contributed by atoms with Crippen molar-refractivity contribution in [2.75, 3.05) is 0 Å². The van der Waals surface area contributed by atoms with Crippen molar-refractivity contribution in [2.24, 2.45) is 0 Å². The summed E-state index contributed by atoms with van der Waals surface area (Å²) in [5, 5.41) is 20.7. The van der Waals surface area contributed by atoms with Crippen molar-refractivity contribution in [3.05, 3.63) is 146 Å². The Labute approximate surface area is 268 Å². The standard InChI is InChI=1S/C42H24N2OS/c1-2-7-26(8-3-1)41-43-44-42(46-41)27-15-13-25(14-16-27)32-21-28-17-19-30-23-33(24-31-20-18-29(22-32)38(28)39(30)31)34-10-6-11-36-35-9-4-5-12-37(35)45-40(34)36/h1-24H. The van der Waals surface area contributed by atoms with Crippen LogP contribution < -0.4 is 0 Å². The summed E-state index contributed by atoms with van der Waals surface area (Å²) in [6.07, 6.45) is 0. The number of hydrogen-bond donors (Lipinski definition) is 0. The minimum absolute atomic E-state index is 0.922. The Morgan fingerprint density at radius 2 is 0.957 bits per heavy atom. The average molecular weight is 605 g/mol. The van der Waals surface area contributed by atoms with Crippen LogP contribution in [0.4, 0.5) is 0 Å². The minimum atomic E-state index is 0.922. The van der Waals surface area contributed by atoms with E-state index in [0.29, 0.717) is 0 Å². The molecule has 0 aliphatic heterocycles. The Morgan fingerprint density at radius 1 is 0.413 bits per heavy atom. The number of fused-ring (bicyclic) bond motifs is 3. The fourth-order valence-corrected chi connectivity index (χ4v) is 7.83. The summed E-state index contributed by atoms with van der Waals surface area (Å²) in [6.45, 7) is 0. The zero-order valence-electron chi connectivity index (χ0n) is 24.6. The van der Waals surface area contributed by atoms with Crippen LogP contribution >= 0.6 is 11.3 Å². The molecule has 46 heavy (non-hydrogen) atoms. The molecule has 0 aliphatic rings. The summed E-state index contributed by atoms with van der Waals surface area (Å²) in [5.41, 5.74) is 8.71. The lowest BCUT2D eigenvalue weighted by atomic mass is 9.89. The maximum Gasteiger partial charge on any atom is 0.148 e. The third-order valence-corrected chi connectivity index (χ3v) is 10.2. The van der Waals surface area contributed by atoms with E-state index in [1.54, 1.807) is 11.3 Å². The maximum atomic E-state index is 6.39. The largest absolute Gasteiger partial charge is 0.455 e. The van der Waals surface area contributed by atoms with Gasteiger partial charge >= 0.3 is 0 Å². The molecule has 0 saturated carbocycles. The minimum Gasteiger partial charge on any atom is -0.455 e. The highest BCUT2D eigenvalue weighted by atomic mass is 32.1. The van der Waals surface area contributed by atoms with Gasteiger partial charge in [0.1, 0.15) is 21.2 Å². The summed E-state index contributed by atoms with van der Waals surface area (Å²) in [6, 6.07) is 51.9. The van der Waals surface area contributed by atoms with E-state index in [9.17, 15) is 0 Å². The highest BCUT2D eigenvalue weighted by molar-refractivity contribution is 7.17. The third kappa shape index (κ3) is 3.91. The van der Waals surface area contributed by atoms with E-state index in [-0.39, 0.29) is 0 Å². The highest BCUT2D eigenvalue weighted by Gasteiger charge is 2.16. The van der Waals surface area contributed by atoms with Gasteiger partial charge in [-0.1, -0.05) is 127 Å². The molecule has 10 aromatic rings. The maximum absolute atomic E-state index is 6.39. The molecule has 8 aromatic carbocycles. The molecule has 0 radical (unpaired) electrons. The number of benzene rings is 8. The first-order valence-electron chi connectivity index (χ1n) is 15.4. The summed E-state index contributed by atoms with van der Waals surface area (Å²) < 4.78 is 6.39. The molecule has 4 heteroatoms. The fourth-order valence-electron chi connectivity index (χ4n) is 6.98. The Balaban J connectivity index is 1.04. The van der Waals surface area contributed by atoms with E-state index in [4.69, 9.17) is 4.42 Å². The van der Waals surface area contributed by atoms with Crippen molar-refractivity contribution in [3.8, 4) is 43.4 Å². The van der Waals surface area contributed by atoms with Gasteiger partial charge in [-0.15, -0.1) is 10.2 Å². The first kappa shape index (κ1) is 25.5. The number of rotatable bonds is 4. The van der Waals surface area contributed by atoms with Gasteiger partial charge in [-0.2, -0.15) is 0 Å². The molecule has 0 atom stereocenters. The van der Waals surface area contributed by atoms with Crippen molar-refractivity contribution in [2.45, 2.75) is 0 Å². The second-order valence-corrected chi connectivity index (χ2v) is 12.8. The Hall–Kier alpha value is -5.84. The third-order valence-electron chi connectivity index (χ3n) is 9.16. The van der Waals surface area contributed by atoms with Crippen molar-refractivity contribution in [1.29, 1.82) is 0 Å². The lowest BCUT2D eigenvalue weighted by Gasteiger charge is -2.15. The molecule has 3 nitrogen and oxygen atoms in total. The van der Waals surface area contributed by atoms with E-state index in [1.165, 1.54) is 49.0 Å². The van der Waals surface area contributed by atoms with Gasteiger partial charge in [-0.3, -0.25) is 0 Å². The van der Waals surface area contributed by atoms with E-state index in [2.05, 4.69) is 125 Å². The lowest BCUT2D eigenvalue weighted by molar-refractivity contribution is 0.670. The summed E-state index contributed by atoms with van der Waals surface area (Å²) in [7, 11) is 0. The quantitative estimate of drug-likeness (QED) is 0.188. The molecule has 0 fully saturated rings. The number of nitrogens with zero attached hydrogens (tertiary/aromatic N) is 2. The van der Waals surface area contributed by atoms with Crippen molar-refractivity contribution < 1.29 is 4.42 Å². The Morgan fingerprint density at radius 3 is 1.63 bits per heavy atom. The fraction of sp³-hybridized carbons (Fsp3) is 0. The van der Waals surface area contributed by atoms with Gasteiger partial charge in [0, 0.05) is 27.5 Å². The van der Waals surface area contributed by atoms with E-state index >= 15 is 0 Å². The normalized spacial score (nSPS) is 11.9. The molecule has 0 bridgehead atoms. The van der Waals surface area contributed by atoms with Gasteiger partial charge in [0.05, 0.1) is 0 Å². The van der Waals surface area contributed by atoms with Crippen molar-refractivity contribution >= 4 is 65.6 Å². The zero-order valence-corrected chi connectivity index (χ0v) is 25.4.